The third-order valence-corrected chi connectivity index (χ3v) is 2.12. The van der Waals surface area contributed by atoms with Crippen LogP contribution >= 0.6 is 0 Å². The number of hydrogen-bond acceptors (Lipinski definition) is 3. The summed E-state index contributed by atoms with van der Waals surface area (Å²) in [6, 6.07) is 1.62. The molecule has 4 nitrogen and oxygen atoms in total. The third kappa shape index (κ3) is 3.15. The SMILES string of the molecule is C1NC2CNC1C2.O=C(O)C(F)(F)F. The first-order chi connectivity index (χ1) is 6.39. The lowest BCUT2D eigenvalue weighted by atomic mass is 10.3. The molecule has 2 heterocycles. The van der Waals surface area contributed by atoms with Gasteiger partial charge in [-0.05, 0) is 6.42 Å². The molecule has 0 aromatic rings. The van der Waals surface area contributed by atoms with Gasteiger partial charge in [-0.25, -0.2) is 4.79 Å². The molecule has 0 saturated carbocycles. The van der Waals surface area contributed by atoms with Crippen molar-refractivity contribution in [2.45, 2.75) is 24.7 Å². The highest BCUT2D eigenvalue weighted by molar-refractivity contribution is 5.73. The smallest absolute Gasteiger partial charge is 0.475 e. The molecular weight excluding hydrogens is 201 g/mol. The second-order valence-corrected chi connectivity index (χ2v) is 3.25. The van der Waals surface area contributed by atoms with Gasteiger partial charge < -0.3 is 15.7 Å². The van der Waals surface area contributed by atoms with Crippen LogP contribution in [-0.2, 0) is 4.79 Å². The molecule has 2 aliphatic rings. The van der Waals surface area contributed by atoms with E-state index in [0.29, 0.717) is 0 Å². The summed E-state index contributed by atoms with van der Waals surface area (Å²) in [5.74, 6) is -2.76. The minimum atomic E-state index is -5.08. The maximum Gasteiger partial charge on any atom is 0.490 e. The average molecular weight is 212 g/mol. The van der Waals surface area contributed by atoms with E-state index in [0.717, 1.165) is 12.1 Å². The minimum absolute atomic E-state index is 0.810. The van der Waals surface area contributed by atoms with Gasteiger partial charge in [0.15, 0.2) is 0 Å². The van der Waals surface area contributed by atoms with E-state index in [1.165, 1.54) is 19.5 Å². The third-order valence-electron chi connectivity index (χ3n) is 2.12. The lowest BCUT2D eigenvalue weighted by Gasteiger charge is -2.10. The Morgan fingerprint density at radius 3 is 1.64 bits per heavy atom. The standard InChI is InChI=1S/C5H10N2.C2HF3O2/c1-4-2-6-5(1)3-7-4;3-2(4,5)1(6)7/h4-7H,1-3H2;(H,6,7). The van der Waals surface area contributed by atoms with Crippen molar-refractivity contribution in [3.63, 3.8) is 0 Å². The van der Waals surface area contributed by atoms with Crippen molar-refractivity contribution in [2.24, 2.45) is 0 Å². The first kappa shape index (κ1) is 11.3. The fourth-order valence-electron chi connectivity index (χ4n) is 1.44. The van der Waals surface area contributed by atoms with E-state index in [4.69, 9.17) is 9.90 Å². The number of alkyl halides is 3. The quantitative estimate of drug-likeness (QED) is 0.527. The molecule has 0 aromatic carbocycles. The summed E-state index contributed by atoms with van der Waals surface area (Å²) in [6.07, 6.45) is -3.72. The van der Waals surface area contributed by atoms with Crippen molar-refractivity contribution in [3.05, 3.63) is 0 Å². The van der Waals surface area contributed by atoms with Gasteiger partial charge in [0.05, 0.1) is 0 Å². The van der Waals surface area contributed by atoms with E-state index in [9.17, 15) is 13.2 Å². The molecule has 0 spiro atoms. The molecule has 0 aromatic heterocycles. The number of halogens is 3. The van der Waals surface area contributed by atoms with Gasteiger partial charge in [-0.1, -0.05) is 0 Å². The number of rotatable bonds is 0. The first-order valence-electron chi connectivity index (χ1n) is 4.16. The highest BCUT2D eigenvalue weighted by Crippen LogP contribution is 2.13. The molecule has 0 aliphatic carbocycles. The van der Waals surface area contributed by atoms with Gasteiger partial charge in [-0.15, -0.1) is 0 Å². The number of carboxylic acid groups (broad SMARTS) is 1. The number of aliphatic carboxylic acids is 1. The molecule has 0 amide bonds. The maximum absolute atomic E-state index is 10.6. The zero-order valence-electron chi connectivity index (χ0n) is 7.27. The Bertz CT molecular complexity index is 201. The fraction of sp³-hybridized carbons (Fsp3) is 0.857. The van der Waals surface area contributed by atoms with Crippen molar-refractivity contribution in [1.82, 2.24) is 10.6 Å². The summed E-state index contributed by atoms with van der Waals surface area (Å²) in [5.41, 5.74) is 0. The monoisotopic (exact) mass is 212 g/mol. The second kappa shape index (κ2) is 4.14. The molecular formula is C7H11F3N2O2. The van der Waals surface area contributed by atoms with Crippen LogP contribution in [0.2, 0.25) is 0 Å². The molecule has 2 rings (SSSR count). The summed E-state index contributed by atoms with van der Waals surface area (Å²) >= 11 is 0. The normalized spacial score (nSPS) is 29.6. The van der Waals surface area contributed by atoms with Crippen molar-refractivity contribution in [3.8, 4) is 0 Å². The minimum Gasteiger partial charge on any atom is -0.475 e. The van der Waals surface area contributed by atoms with Gasteiger partial charge in [0.25, 0.3) is 0 Å². The predicted octanol–water partition coefficient (Wildman–Crippen LogP) is -0.0466. The number of hydrogen-bond donors (Lipinski definition) is 3. The van der Waals surface area contributed by atoms with Gasteiger partial charge in [0.2, 0.25) is 0 Å². The van der Waals surface area contributed by atoms with Crippen molar-refractivity contribution >= 4 is 5.97 Å². The van der Waals surface area contributed by atoms with Crippen LogP contribution in [0.4, 0.5) is 13.2 Å². The van der Waals surface area contributed by atoms with Crippen LogP contribution in [-0.4, -0.2) is 42.4 Å². The lowest BCUT2D eigenvalue weighted by Crippen LogP contribution is -2.39. The molecule has 7 heteroatoms. The van der Waals surface area contributed by atoms with Crippen LogP contribution in [0.15, 0.2) is 0 Å². The zero-order valence-corrected chi connectivity index (χ0v) is 7.27. The van der Waals surface area contributed by atoms with Gasteiger partial charge in [-0.3, -0.25) is 0 Å². The molecule has 82 valence electrons. The van der Waals surface area contributed by atoms with Crippen LogP contribution in [0.5, 0.6) is 0 Å². The van der Waals surface area contributed by atoms with Crippen molar-refractivity contribution in [2.75, 3.05) is 13.1 Å². The Hall–Kier alpha value is -0.820. The predicted molar refractivity (Wildman–Crippen MR) is 41.9 cm³/mol. The summed E-state index contributed by atoms with van der Waals surface area (Å²) in [7, 11) is 0. The molecule has 2 aliphatic heterocycles. The highest BCUT2D eigenvalue weighted by Gasteiger charge is 2.38. The van der Waals surface area contributed by atoms with Crippen molar-refractivity contribution in [1.29, 1.82) is 0 Å². The largest absolute Gasteiger partial charge is 0.490 e. The topological polar surface area (TPSA) is 61.4 Å². The van der Waals surface area contributed by atoms with E-state index in [2.05, 4.69) is 10.6 Å². The number of piperazine rings is 1. The summed E-state index contributed by atoms with van der Waals surface area (Å²) < 4.78 is 31.7. The Labute approximate surface area is 78.5 Å². The summed E-state index contributed by atoms with van der Waals surface area (Å²) in [4.78, 5) is 8.90. The summed E-state index contributed by atoms with van der Waals surface area (Å²) in [5, 5.41) is 13.9. The van der Waals surface area contributed by atoms with Crippen LogP contribution in [0.25, 0.3) is 0 Å². The maximum atomic E-state index is 10.6. The number of carboxylic acids is 1. The van der Waals surface area contributed by atoms with E-state index in [1.807, 2.05) is 0 Å². The molecule has 3 N–H and O–H groups in total. The van der Waals surface area contributed by atoms with Crippen LogP contribution in [0, 0.1) is 0 Å². The highest BCUT2D eigenvalue weighted by atomic mass is 19.4. The average Bonchev–Trinajstić information content (AvgIpc) is 2.65. The van der Waals surface area contributed by atoms with Crippen molar-refractivity contribution < 1.29 is 23.1 Å². The molecule has 2 saturated heterocycles. The van der Waals surface area contributed by atoms with Gasteiger partial charge >= 0.3 is 12.1 Å². The molecule has 2 unspecified atom stereocenters. The van der Waals surface area contributed by atoms with E-state index in [1.54, 1.807) is 0 Å². The second-order valence-electron chi connectivity index (χ2n) is 3.25. The van der Waals surface area contributed by atoms with E-state index >= 15 is 0 Å². The van der Waals surface area contributed by atoms with Crippen LogP contribution < -0.4 is 10.6 Å². The lowest BCUT2D eigenvalue weighted by molar-refractivity contribution is -0.192. The molecule has 14 heavy (non-hydrogen) atoms. The fourth-order valence-corrected chi connectivity index (χ4v) is 1.44. The molecule has 2 atom stereocenters. The Morgan fingerprint density at radius 2 is 1.57 bits per heavy atom. The Kier molecular flexibility index (Phi) is 3.33. The first-order valence-corrected chi connectivity index (χ1v) is 4.16. The molecule has 2 fully saturated rings. The molecule has 0 radical (unpaired) electrons. The Morgan fingerprint density at radius 1 is 1.21 bits per heavy atom. The van der Waals surface area contributed by atoms with E-state index in [-0.39, 0.29) is 0 Å². The molecule has 2 bridgehead atoms. The summed E-state index contributed by atoms with van der Waals surface area (Å²) in [6.45, 7) is 2.40. The van der Waals surface area contributed by atoms with Crippen LogP contribution in [0.1, 0.15) is 6.42 Å². The van der Waals surface area contributed by atoms with Crippen LogP contribution in [0.3, 0.4) is 0 Å². The number of carbonyl (C=O) groups is 1. The Balaban J connectivity index is 0.000000140. The van der Waals surface area contributed by atoms with Gasteiger partial charge in [0, 0.05) is 25.2 Å². The van der Waals surface area contributed by atoms with Gasteiger partial charge in [-0.2, -0.15) is 13.2 Å². The number of fused-ring (bicyclic) bond motifs is 2. The van der Waals surface area contributed by atoms with E-state index < -0.39 is 12.1 Å². The number of nitrogens with one attached hydrogen (secondary N) is 2. The van der Waals surface area contributed by atoms with Gasteiger partial charge in [0.1, 0.15) is 0 Å². The zero-order chi connectivity index (χ0) is 10.8.